The van der Waals surface area contributed by atoms with E-state index in [1.54, 1.807) is 18.9 Å². The molecular weight excluding hydrogens is 416 g/mol. The molecule has 3 rings (SSSR count). The highest BCUT2D eigenvalue weighted by atomic mass is 32.2. The first-order chi connectivity index (χ1) is 14.7. The third-order valence-corrected chi connectivity index (χ3v) is 7.90. The topological polar surface area (TPSA) is 96.6 Å². The zero-order valence-electron chi connectivity index (χ0n) is 18.7. The van der Waals surface area contributed by atoms with Gasteiger partial charge in [-0.2, -0.15) is 4.98 Å². The quantitative estimate of drug-likeness (QED) is 0.616. The number of hydrogen-bond acceptors (Lipinski definition) is 6. The first-order valence-corrected chi connectivity index (χ1v) is 12.5. The van der Waals surface area contributed by atoms with Gasteiger partial charge in [-0.25, -0.2) is 12.7 Å². The van der Waals surface area contributed by atoms with Gasteiger partial charge in [-0.1, -0.05) is 43.3 Å². The van der Waals surface area contributed by atoms with Gasteiger partial charge in [0.05, 0.1) is 5.75 Å². The van der Waals surface area contributed by atoms with Gasteiger partial charge in [-0.3, -0.25) is 4.79 Å². The van der Waals surface area contributed by atoms with Crippen LogP contribution in [0.5, 0.6) is 0 Å². The minimum absolute atomic E-state index is 0.0282. The van der Waals surface area contributed by atoms with Crippen molar-refractivity contribution in [2.75, 3.05) is 25.9 Å². The van der Waals surface area contributed by atoms with Crippen LogP contribution in [0.25, 0.3) is 11.4 Å². The molecule has 1 aromatic carbocycles. The van der Waals surface area contributed by atoms with Crippen LogP contribution in [0.2, 0.25) is 0 Å². The van der Waals surface area contributed by atoms with Crippen molar-refractivity contribution in [3.63, 3.8) is 0 Å². The molecule has 170 valence electrons. The second-order valence-corrected chi connectivity index (χ2v) is 10.6. The number of rotatable bonds is 8. The van der Waals surface area contributed by atoms with Gasteiger partial charge in [-0.05, 0) is 31.2 Å². The molecule has 1 saturated heterocycles. The number of sulfonamides is 1. The van der Waals surface area contributed by atoms with E-state index in [4.69, 9.17) is 4.52 Å². The van der Waals surface area contributed by atoms with Crippen LogP contribution >= 0.6 is 0 Å². The molecule has 1 aromatic heterocycles. The number of aromatic nitrogens is 2. The third-order valence-electron chi connectivity index (χ3n) is 5.99. The molecule has 2 aromatic rings. The molecule has 0 spiro atoms. The summed E-state index contributed by atoms with van der Waals surface area (Å²) in [6, 6.07) is 8.04. The summed E-state index contributed by atoms with van der Waals surface area (Å²) >= 11 is 0. The lowest BCUT2D eigenvalue weighted by molar-refractivity contribution is -0.132. The van der Waals surface area contributed by atoms with Crippen molar-refractivity contribution in [3.8, 4) is 11.4 Å². The molecule has 9 heteroatoms. The van der Waals surface area contributed by atoms with E-state index in [2.05, 4.69) is 36.1 Å². The first kappa shape index (κ1) is 23.4. The Bertz CT molecular complexity index is 977. The Morgan fingerprint density at radius 2 is 1.87 bits per heavy atom. The second-order valence-electron chi connectivity index (χ2n) is 8.32. The van der Waals surface area contributed by atoms with Crippen LogP contribution in [0.15, 0.2) is 28.8 Å². The maximum Gasteiger partial charge on any atom is 0.227 e. The Morgan fingerprint density at radius 1 is 1.23 bits per heavy atom. The average Bonchev–Trinajstić information content (AvgIpc) is 3.26. The van der Waals surface area contributed by atoms with Crippen molar-refractivity contribution < 1.29 is 17.7 Å². The molecule has 0 radical (unpaired) electrons. The summed E-state index contributed by atoms with van der Waals surface area (Å²) in [5.74, 6) is 1.55. The zero-order valence-corrected chi connectivity index (χ0v) is 19.6. The predicted octanol–water partition coefficient (Wildman–Crippen LogP) is 3.07. The first-order valence-electron chi connectivity index (χ1n) is 10.9. The van der Waals surface area contributed by atoms with E-state index < -0.39 is 10.0 Å². The van der Waals surface area contributed by atoms with Gasteiger partial charge in [0.25, 0.3) is 0 Å². The Balaban J connectivity index is 1.49. The molecule has 31 heavy (non-hydrogen) atoms. The summed E-state index contributed by atoms with van der Waals surface area (Å²) in [5.41, 5.74) is 2.14. The lowest BCUT2D eigenvalue weighted by atomic mass is 10.0. The van der Waals surface area contributed by atoms with Crippen molar-refractivity contribution in [1.82, 2.24) is 19.3 Å². The highest BCUT2D eigenvalue weighted by molar-refractivity contribution is 7.89. The van der Waals surface area contributed by atoms with Gasteiger partial charge in [-0.15, -0.1) is 0 Å². The van der Waals surface area contributed by atoms with E-state index in [1.807, 2.05) is 12.1 Å². The fourth-order valence-electron chi connectivity index (χ4n) is 3.77. The van der Waals surface area contributed by atoms with Crippen LogP contribution < -0.4 is 0 Å². The van der Waals surface area contributed by atoms with Crippen LogP contribution in [0.4, 0.5) is 0 Å². The summed E-state index contributed by atoms with van der Waals surface area (Å²) in [6.07, 6.45) is 1.98. The molecule has 0 N–H and O–H groups in total. The Hall–Kier alpha value is -2.26. The van der Waals surface area contributed by atoms with E-state index >= 15 is 0 Å². The number of likely N-dealkylation sites (tertiary alicyclic amines) is 1. The number of amides is 1. The number of nitrogens with zero attached hydrogens (tertiary/aromatic N) is 4. The molecule has 0 unspecified atom stereocenters. The van der Waals surface area contributed by atoms with Gasteiger partial charge < -0.3 is 9.42 Å². The Kier molecular flexibility index (Phi) is 7.48. The lowest BCUT2D eigenvalue weighted by Crippen LogP contribution is -2.47. The largest absolute Gasteiger partial charge is 0.343 e. The minimum Gasteiger partial charge on any atom is -0.343 e. The molecule has 0 bridgehead atoms. The fraction of sp³-hybridized carbons (Fsp3) is 0.591. The van der Waals surface area contributed by atoms with Crippen LogP contribution in [-0.2, 0) is 21.2 Å². The number of carbonyl (C=O) groups excluding carboxylic acids is 1. The van der Waals surface area contributed by atoms with Gasteiger partial charge in [0, 0.05) is 44.6 Å². The molecule has 1 aliphatic heterocycles. The zero-order chi connectivity index (χ0) is 22.6. The number of piperidine rings is 1. The number of benzene rings is 1. The van der Waals surface area contributed by atoms with Crippen LogP contribution in [0.1, 0.15) is 57.4 Å². The normalized spacial score (nSPS) is 15.7. The van der Waals surface area contributed by atoms with Crippen LogP contribution in [0, 0.1) is 0 Å². The highest BCUT2D eigenvalue weighted by Crippen LogP contribution is 2.22. The van der Waals surface area contributed by atoms with Gasteiger partial charge in [0.1, 0.15) is 0 Å². The molecule has 0 atom stereocenters. The Morgan fingerprint density at radius 3 is 2.45 bits per heavy atom. The summed E-state index contributed by atoms with van der Waals surface area (Å²) in [5, 5.41) is 4.04. The Labute approximate surface area is 184 Å². The molecule has 0 aliphatic carbocycles. The summed E-state index contributed by atoms with van der Waals surface area (Å²) in [4.78, 5) is 18.8. The maximum atomic E-state index is 12.6. The van der Waals surface area contributed by atoms with E-state index in [0.29, 0.717) is 56.4 Å². The lowest BCUT2D eigenvalue weighted by Gasteiger charge is -2.36. The number of hydrogen-bond donors (Lipinski definition) is 0. The SMILES string of the molecule is CCS(=O)(=O)N(C)C1CCN(C(=O)CCc2nc(-c3ccc(C(C)C)cc3)no2)CC1. The van der Waals surface area contributed by atoms with Crippen LogP contribution in [-0.4, -0.2) is 65.6 Å². The third kappa shape index (κ3) is 5.71. The average molecular weight is 449 g/mol. The highest BCUT2D eigenvalue weighted by Gasteiger charge is 2.30. The van der Waals surface area contributed by atoms with E-state index in [-0.39, 0.29) is 17.7 Å². The smallest absolute Gasteiger partial charge is 0.227 e. The number of aryl methyl sites for hydroxylation is 1. The fourth-order valence-corrected chi connectivity index (χ4v) is 4.84. The molecular formula is C22H32N4O4S. The standard InChI is InChI=1S/C22H32N4O4S/c1-5-31(28,29)25(4)19-12-14-26(15-13-19)21(27)11-10-20-23-22(24-30-20)18-8-6-17(7-9-18)16(2)3/h6-9,16,19H,5,10-15H2,1-4H3. The van der Waals surface area contributed by atoms with Crippen molar-refractivity contribution in [2.45, 2.75) is 58.4 Å². The summed E-state index contributed by atoms with van der Waals surface area (Å²) < 4.78 is 30.9. The maximum absolute atomic E-state index is 12.6. The van der Waals surface area contributed by atoms with Crippen LogP contribution in [0.3, 0.4) is 0 Å². The predicted molar refractivity (Wildman–Crippen MR) is 119 cm³/mol. The van der Waals surface area contributed by atoms with Gasteiger partial charge in [0.15, 0.2) is 0 Å². The minimum atomic E-state index is -3.21. The van der Waals surface area contributed by atoms with Crippen molar-refractivity contribution >= 4 is 15.9 Å². The van der Waals surface area contributed by atoms with E-state index in [9.17, 15) is 13.2 Å². The molecule has 1 amide bonds. The molecule has 8 nitrogen and oxygen atoms in total. The van der Waals surface area contributed by atoms with Crippen molar-refractivity contribution in [3.05, 3.63) is 35.7 Å². The van der Waals surface area contributed by atoms with E-state index in [0.717, 1.165) is 5.56 Å². The number of carbonyl (C=O) groups is 1. The molecule has 2 heterocycles. The summed E-state index contributed by atoms with van der Waals surface area (Å²) in [6.45, 7) is 7.06. The van der Waals surface area contributed by atoms with Gasteiger partial charge in [0.2, 0.25) is 27.6 Å². The van der Waals surface area contributed by atoms with E-state index in [1.165, 1.54) is 9.87 Å². The molecule has 0 saturated carbocycles. The van der Waals surface area contributed by atoms with Crippen molar-refractivity contribution in [1.29, 1.82) is 0 Å². The molecule has 1 aliphatic rings. The summed E-state index contributed by atoms with van der Waals surface area (Å²) in [7, 11) is -1.58. The monoisotopic (exact) mass is 448 g/mol. The van der Waals surface area contributed by atoms with Crippen molar-refractivity contribution in [2.24, 2.45) is 0 Å². The molecule has 1 fully saturated rings. The second kappa shape index (κ2) is 9.91. The van der Waals surface area contributed by atoms with Gasteiger partial charge >= 0.3 is 0 Å².